The average molecular weight is 518 g/mol. The van der Waals surface area contributed by atoms with Crippen molar-refractivity contribution < 1.29 is 18.7 Å². The lowest BCUT2D eigenvalue weighted by molar-refractivity contribution is 0.0971. The fourth-order valence-corrected chi connectivity index (χ4v) is 4.87. The van der Waals surface area contributed by atoms with E-state index in [1.54, 1.807) is 23.1 Å². The largest absolute Gasteiger partial charge is 0.490 e. The number of anilines is 1. The third-order valence-electron chi connectivity index (χ3n) is 6.50. The molecule has 0 bridgehead atoms. The number of aryl methyl sites for hydroxylation is 2. The van der Waals surface area contributed by atoms with Crippen LogP contribution in [0, 0.1) is 13.8 Å². The Bertz CT molecular complexity index is 1570. The number of nitrogens with zero attached hydrogens (tertiary/aromatic N) is 1. The van der Waals surface area contributed by atoms with E-state index in [0.29, 0.717) is 57.5 Å². The van der Waals surface area contributed by atoms with Gasteiger partial charge in [-0.3, -0.25) is 14.5 Å². The molecule has 0 N–H and O–H groups in total. The second-order valence-electron chi connectivity index (χ2n) is 9.17. The molecule has 2 heterocycles. The summed E-state index contributed by atoms with van der Waals surface area (Å²) in [5.74, 6) is 0.802. The van der Waals surface area contributed by atoms with Gasteiger partial charge in [0, 0.05) is 10.7 Å². The highest BCUT2D eigenvalue weighted by molar-refractivity contribution is 6.31. The molecule has 190 valence electrons. The number of hydrogen-bond acceptors (Lipinski definition) is 5. The van der Waals surface area contributed by atoms with E-state index in [0.717, 1.165) is 17.5 Å². The van der Waals surface area contributed by atoms with Crippen molar-refractivity contribution in [3.8, 4) is 11.5 Å². The molecule has 4 aromatic rings. The Hall–Kier alpha value is -3.77. The summed E-state index contributed by atoms with van der Waals surface area (Å²) in [4.78, 5) is 29.3. The normalized spacial score (nSPS) is 14.8. The number of rotatable bonds is 7. The summed E-state index contributed by atoms with van der Waals surface area (Å²) in [5.41, 5.74) is 3.53. The maximum absolute atomic E-state index is 13.9. The molecule has 0 aliphatic carbocycles. The van der Waals surface area contributed by atoms with Gasteiger partial charge in [0.05, 0.1) is 30.2 Å². The monoisotopic (exact) mass is 517 g/mol. The predicted molar refractivity (Wildman–Crippen MR) is 145 cm³/mol. The Kier molecular flexibility index (Phi) is 6.69. The van der Waals surface area contributed by atoms with Crippen molar-refractivity contribution in [2.75, 3.05) is 18.1 Å². The fourth-order valence-electron chi connectivity index (χ4n) is 4.69. The Morgan fingerprint density at radius 2 is 1.76 bits per heavy atom. The first-order chi connectivity index (χ1) is 17.8. The molecule has 1 aliphatic rings. The molecule has 7 heteroatoms. The highest BCUT2D eigenvalue weighted by atomic mass is 35.5. The Labute approximate surface area is 220 Å². The van der Waals surface area contributed by atoms with Crippen molar-refractivity contribution in [2.24, 2.45) is 0 Å². The minimum absolute atomic E-state index is 0.0346. The molecule has 1 aliphatic heterocycles. The van der Waals surface area contributed by atoms with Crippen molar-refractivity contribution in [3.63, 3.8) is 0 Å². The first-order valence-corrected chi connectivity index (χ1v) is 12.8. The smallest absolute Gasteiger partial charge is 0.295 e. The number of hydrogen-bond donors (Lipinski definition) is 0. The fraction of sp³-hybridized carbons (Fsp3) is 0.267. The second-order valence-corrected chi connectivity index (χ2v) is 9.58. The van der Waals surface area contributed by atoms with Crippen molar-refractivity contribution in [2.45, 2.75) is 40.2 Å². The average Bonchev–Trinajstić information content (AvgIpc) is 3.18. The van der Waals surface area contributed by atoms with Crippen LogP contribution in [0.2, 0.25) is 5.02 Å². The van der Waals surface area contributed by atoms with Crippen LogP contribution in [0.1, 0.15) is 59.1 Å². The molecule has 1 amide bonds. The van der Waals surface area contributed by atoms with E-state index in [2.05, 4.69) is 0 Å². The van der Waals surface area contributed by atoms with Gasteiger partial charge in [0.25, 0.3) is 5.91 Å². The first kappa shape index (κ1) is 24.9. The molecule has 6 nitrogen and oxygen atoms in total. The van der Waals surface area contributed by atoms with Gasteiger partial charge in [0.2, 0.25) is 5.76 Å². The lowest BCUT2D eigenvalue weighted by Crippen LogP contribution is -2.29. The molecular formula is C30H28ClNO5. The van der Waals surface area contributed by atoms with Gasteiger partial charge in [-0.15, -0.1) is 0 Å². The van der Waals surface area contributed by atoms with Crippen LogP contribution in [-0.4, -0.2) is 19.1 Å². The van der Waals surface area contributed by atoms with Gasteiger partial charge < -0.3 is 13.9 Å². The molecule has 0 saturated carbocycles. The summed E-state index contributed by atoms with van der Waals surface area (Å²) < 4.78 is 17.9. The van der Waals surface area contributed by atoms with E-state index < -0.39 is 11.9 Å². The zero-order valence-electron chi connectivity index (χ0n) is 21.3. The maximum Gasteiger partial charge on any atom is 0.295 e. The molecule has 1 atom stereocenters. The Balaban J connectivity index is 1.76. The molecule has 37 heavy (non-hydrogen) atoms. The Morgan fingerprint density at radius 1 is 0.946 bits per heavy atom. The topological polar surface area (TPSA) is 69.0 Å². The van der Waals surface area contributed by atoms with Gasteiger partial charge in [-0.1, -0.05) is 42.3 Å². The maximum atomic E-state index is 13.9. The number of benzene rings is 3. The molecule has 5 rings (SSSR count). The van der Waals surface area contributed by atoms with Gasteiger partial charge in [-0.2, -0.15) is 0 Å². The van der Waals surface area contributed by atoms with E-state index in [9.17, 15) is 9.59 Å². The quantitative estimate of drug-likeness (QED) is 0.264. The molecule has 0 spiro atoms. The van der Waals surface area contributed by atoms with Crippen LogP contribution in [0.25, 0.3) is 11.0 Å². The van der Waals surface area contributed by atoms with Crippen LogP contribution in [0.5, 0.6) is 11.5 Å². The number of fused-ring (bicyclic) bond motifs is 2. The predicted octanol–water partition coefficient (Wildman–Crippen LogP) is 7.00. The minimum Gasteiger partial charge on any atom is -0.490 e. The van der Waals surface area contributed by atoms with E-state index in [1.165, 1.54) is 0 Å². The number of ether oxygens (including phenoxy) is 2. The van der Waals surface area contributed by atoms with Crippen molar-refractivity contribution in [1.82, 2.24) is 0 Å². The standard InChI is InChI=1S/C30H28ClNO5/c1-5-13-36-24-12-9-19(15-25(24)35-6-2)27-26-28(33)21-14-17(3)7-11-23(21)37-29(26)30(34)32(27)20-10-8-18(4)22(31)16-20/h7-12,14-16,27H,5-6,13H2,1-4H3. The summed E-state index contributed by atoms with van der Waals surface area (Å²) in [6.45, 7) is 8.73. The van der Waals surface area contributed by atoms with Crippen molar-refractivity contribution in [1.29, 1.82) is 0 Å². The highest BCUT2D eigenvalue weighted by Crippen LogP contribution is 2.44. The zero-order chi connectivity index (χ0) is 26.3. The summed E-state index contributed by atoms with van der Waals surface area (Å²) in [7, 11) is 0. The van der Waals surface area contributed by atoms with E-state index in [1.807, 2.05) is 64.1 Å². The van der Waals surface area contributed by atoms with Gasteiger partial charge in [0.1, 0.15) is 5.58 Å². The Morgan fingerprint density at radius 3 is 2.49 bits per heavy atom. The third kappa shape index (κ3) is 4.36. The number of carbonyl (C=O) groups is 1. The van der Waals surface area contributed by atoms with E-state index in [-0.39, 0.29) is 11.2 Å². The minimum atomic E-state index is -0.734. The van der Waals surface area contributed by atoms with Crippen LogP contribution in [0.3, 0.4) is 0 Å². The van der Waals surface area contributed by atoms with Crippen molar-refractivity contribution >= 4 is 34.2 Å². The first-order valence-electron chi connectivity index (χ1n) is 12.4. The SMILES string of the molecule is CCCOc1ccc(C2c3c(oc4ccc(C)cc4c3=O)C(=O)N2c2ccc(C)c(Cl)c2)cc1OCC. The summed E-state index contributed by atoms with van der Waals surface area (Å²) in [6, 6.07) is 15.6. The van der Waals surface area contributed by atoms with Gasteiger partial charge >= 0.3 is 0 Å². The highest BCUT2D eigenvalue weighted by Gasteiger charge is 2.44. The van der Waals surface area contributed by atoms with E-state index in [4.69, 9.17) is 25.5 Å². The molecule has 0 radical (unpaired) electrons. The summed E-state index contributed by atoms with van der Waals surface area (Å²) in [6.07, 6.45) is 0.854. The van der Waals surface area contributed by atoms with Gasteiger partial charge in [-0.25, -0.2) is 0 Å². The van der Waals surface area contributed by atoms with Gasteiger partial charge in [0.15, 0.2) is 16.9 Å². The lowest BCUT2D eigenvalue weighted by Gasteiger charge is -2.26. The molecule has 1 aromatic heterocycles. The zero-order valence-corrected chi connectivity index (χ0v) is 22.0. The summed E-state index contributed by atoms with van der Waals surface area (Å²) >= 11 is 6.46. The molecule has 0 fully saturated rings. The lowest BCUT2D eigenvalue weighted by atomic mass is 9.97. The molecule has 1 unspecified atom stereocenters. The molecule has 0 saturated heterocycles. The van der Waals surface area contributed by atoms with Crippen LogP contribution in [-0.2, 0) is 0 Å². The number of amides is 1. The van der Waals surface area contributed by atoms with Crippen LogP contribution in [0.4, 0.5) is 5.69 Å². The second kappa shape index (κ2) is 9.94. The van der Waals surface area contributed by atoms with Crippen LogP contribution in [0.15, 0.2) is 63.8 Å². The third-order valence-corrected chi connectivity index (χ3v) is 6.91. The van der Waals surface area contributed by atoms with Gasteiger partial charge in [-0.05, 0) is 74.7 Å². The number of halogens is 1. The van der Waals surface area contributed by atoms with Crippen molar-refractivity contribution in [3.05, 3.63) is 97.9 Å². The van der Waals surface area contributed by atoms with E-state index >= 15 is 0 Å². The van der Waals surface area contributed by atoms with Crippen LogP contribution < -0.4 is 19.8 Å². The summed E-state index contributed by atoms with van der Waals surface area (Å²) in [5, 5.41) is 0.965. The number of carbonyl (C=O) groups excluding carboxylic acids is 1. The molecule has 3 aromatic carbocycles. The molecular weight excluding hydrogens is 490 g/mol. The van der Waals surface area contributed by atoms with Crippen LogP contribution >= 0.6 is 11.6 Å².